The number of carbonyl (C=O) groups is 2. The zero-order chi connectivity index (χ0) is 32.3. The maximum Gasteiger partial charge on any atom is 0.411 e. The van der Waals surface area contributed by atoms with E-state index in [1.165, 1.54) is 41.5 Å². The number of carbonyl (C=O) groups excluding carboxylic acids is 2. The van der Waals surface area contributed by atoms with E-state index in [-0.39, 0.29) is 46.8 Å². The van der Waals surface area contributed by atoms with Crippen molar-refractivity contribution in [3.63, 3.8) is 0 Å². The van der Waals surface area contributed by atoms with Gasteiger partial charge in [-0.05, 0) is 69.1 Å². The minimum atomic E-state index is -0.733. The first-order valence-electron chi connectivity index (χ1n) is 13.8. The fraction of sp³-hybridized carbons (Fsp3) is 0.300. The number of nitrogens with zero attached hydrogens (tertiary/aromatic N) is 4. The highest BCUT2D eigenvalue weighted by atomic mass is 32.2. The Morgan fingerprint density at radius 1 is 1.13 bits per heavy atom. The van der Waals surface area contributed by atoms with Crippen LogP contribution in [0.1, 0.15) is 38.7 Å². The molecule has 15 heteroatoms. The minimum absolute atomic E-state index is 0.000310. The molecule has 5 rings (SSSR count). The zero-order valence-electron chi connectivity index (χ0n) is 24.7. The topological polar surface area (TPSA) is 119 Å². The Bertz CT molecular complexity index is 1730. The van der Waals surface area contributed by atoms with Gasteiger partial charge in [0.15, 0.2) is 5.82 Å². The number of ether oxygens (including phenoxy) is 2. The summed E-state index contributed by atoms with van der Waals surface area (Å²) in [4.78, 5) is 40.1. The number of nitrogens with one attached hydrogen (secondary N) is 2. The smallest absolute Gasteiger partial charge is 0.411 e. The Hall–Kier alpha value is -4.21. The lowest BCUT2D eigenvalue weighted by atomic mass is 10.1. The number of hydrogen-bond acceptors (Lipinski definition) is 10. The molecular weight excluding hydrogens is 629 g/mol. The largest absolute Gasteiger partial charge is 0.444 e. The second kappa shape index (κ2) is 13.4. The van der Waals surface area contributed by atoms with Crippen LogP contribution in [0.25, 0.3) is 21.8 Å². The predicted octanol–water partition coefficient (Wildman–Crippen LogP) is 7.07. The standard InChI is InChI=1S/C30H29F3N6O4S2/c1-16(40)35-28-34-11-10-21(36-28)26-25(37-27(44-26)22-15-42-13-12-39(22)29(41)43-30(2,3)4)18-6-5-7-20(24(18)33)38-45-23-14-17(31)8-9-19(23)32/h5-11,14,22,38H,12-13,15H2,1-4H3,(H,34,35,36,40). The van der Waals surface area contributed by atoms with Crippen molar-refractivity contribution in [3.8, 4) is 21.8 Å². The van der Waals surface area contributed by atoms with Crippen molar-refractivity contribution in [2.24, 2.45) is 0 Å². The van der Waals surface area contributed by atoms with Gasteiger partial charge in [-0.15, -0.1) is 11.3 Å². The van der Waals surface area contributed by atoms with Crippen LogP contribution in [0.5, 0.6) is 0 Å². The molecule has 1 atom stereocenters. The SMILES string of the molecule is CC(=O)Nc1nccc(-c2sc(C3COCCN3C(=O)OC(C)(C)C)nc2-c2cccc(NSc3cc(F)ccc3F)c2F)n1. The third-order valence-corrected chi connectivity index (χ3v) is 8.31. The van der Waals surface area contributed by atoms with E-state index in [9.17, 15) is 18.4 Å². The van der Waals surface area contributed by atoms with Gasteiger partial charge in [0.2, 0.25) is 11.9 Å². The molecule has 0 spiro atoms. The molecule has 1 saturated heterocycles. The summed E-state index contributed by atoms with van der Waals surface area (Å²) >= 11 is 1.90. The fourth-order valence-corrected chi connectivity index (χ4v) is 6.21. The molecule has 2 aromatic carbocycles. The molecule has 0 saturated carbocycles. The van der Waals surface area contributed by atoms with Gasteiger partial charge < -0.3 is 14.2 Å². The van der Waals surface area contributed by atoms with Crippen LogP contribution in [0.3, 0.4) is 0 Å². The molecule has 2 aromatic heterocycles. The van der Waals surface area contributed by atoms with Crippen molar-refractivity contribution in [3.05, 3.63) is 71.1 Å². The number of aromatic nitrogens is 3. The maximum absolute atomic E-state index is 16.2. The highest BCUT2D eigenvalue weighted by Gasteiger charge is 2.35. The predicted molar refractivity (Wildman–Crippen MR) is 165 cm³/mol. The summed E-state index contributed by atoms with van der Waals surface area (Å²) < 4.78 is 58.2. The summed E-state index contributed by atoms with van der Waals surface area (Å²) in [5.41, 5.74) is -0.0940. The van der Waals surface area contributed by atoms with Gasteiger partial charge in [-0.25, -0.2) is 32.9 Å². The lowest BCUT2D eigenvalue weighted by molar-refractivity contribution is -0.114. The summed E-state index contributed by atoms with van der Waals surface area (Å²) in [6, 6.07) is 8.51. The number of thiazole rings is 1. The minimum Gasteiger partial charge on any atom is -0.444 e. The third-order valence-electron chi connectivity index (χ3n) is 6.28. The molecule has 1 aliphatic rings. The zero-order valence-corrected chi connectivity index (χ0v) is 26.3. The van der Waals surface area contributed by atoms with Crippen LogP contribution in [0, 0.1) is 17.5 Å². The summed E-state index contributed by atoms with van der Waals surface area (Å²) in [6.45, 7) is 7.32. The van der Waals surface area contributed by atoms with Crippen LogP contribution < -0.4 is 10.0 Å². The Morgan fingerprint density at radius 2 is 1.93 bits per heavy atom. The molecule has 45 heavy (non-hydrogen) atoms. The van der Waals surface area contributed by atoms with Crippen LogP contribution in [0.4, 0.5) is 29.6 Å². The molecule has 1 fully saturated rings. The van der Waals surface area contributed by atoms with Gasteiger partial charge in [-0.1, -0.05) is 6.07 Å². The third kappa shape index (κ3) is 7.72. The molecule has 2 amide bonds. The summed E-state index contributed by atoms with van der Waals surface area (Å²) in [5, 5.41) is 2.98. The Kier molecular flexibility index (Phi) is 9.60. The van der Waals surface area contributed by atoms with E-state index < -0.39 is 35.2 Å². The van der Waals surface area contributed by atoms with E-state index in [1.54, 1.807) is 32.9 Å². The highest BCUT2D eigenvalue weighted by molar-refractivity contribution is 8.00. The van der Waals surface area contributed by atoms with Gasteiger partial charge in [0, 0.05) is 25.2 Å². The Morgan fingerprint density at radius 3 is 2.69 bits per heavy atom. The molecular formula is C30H29F3N6O4S2. The fourth-order valence-electron chi connectivity index (χ4n) is 4.34. The number of rotatable bonds is 7. The first kappa shape index (κ1) is 32.2. The van der Waals surface area contributed by atoms with Crippen molar-refractivity contribution in [1.29, 1.82) is 0 Å². The highest BCUT2D eigenvalue weighted by Crippen LogP contribution is 2.42. The van der Waals surface area contributed by atoms with Crippen molar-refractivity contribution in [1.82, 2.24) is 19.9 Å². The number of morpholine rings is 1. The number of benzene rings is 2. The van der Waals surface area contributed by atoms with Crippen molar-refractivity contribution in [2.75, 3.05) is 29.8 Å². The van der Waals surface area contributed by atoms with Gasteiger partial charge in [0.05, 0.1) is 40.1 Å². The van der Waals surface area contributed by atoms with Gasteiger partial charge in [0.25, 0.3) is 0 Å². The first-order valence-corrected chi connectivity index (χ1v) is 15.4. The number of anilines is 2. The average Bonchev–Trinajstić information content (AvgIpc) is 3.42. The summed E-state index contributed by atoms with van der Waals surface area (Å²) in [7, 11) is 0. The van der Waals surface area contributed by atoms with Crippen LogP contribution in [-0.2, 0) is 14.3 Å². The van der Waals surface area contributed by atoms with Crippen LogP contribution in [0.15, 0.2) is 53.6 Å². The molecule has 2 N–H and O–H groups in total. The van der Waals surface area contributed by atoms with Gasteiger partial charge in [-0.3, -0.25) is 15.0 Å². The quantitative estimate of drug-likeness (QED) is 0.201. The van der Waals surface area contributed by atoms with Crippen molar-refractivity contribution < 1.29 is 32.2 Å². The molecule has 4 aromatic rings. The summed E-state index contributed by atoms with van der Waals surface area (Å²) in [6.07, 6.45) is 0.912. The van der Waals surface area contributed by atoms with Gasteiger partial charge in [0.1, 0.15) is 28.3 Å². The van der Waals surface area contributed by atoms with E-state index in [2.05, 4.69) is 20.0 Å². The van der Waals surface area contributed by atoms with Crippen molar-refractivity contribution >= 4 is 46.9 Å². The number of hydrogen-bond donors (Lipinski definition) is 2. The lowest BCUT2D eigenvalue weighted by Gasteiger charge is -2.35. The maximum atomic E-state index is 16.2. The lowest BCUT2D eigenvalue weighted by Crippen LogP contribution is -2.45. The second-order valence-corrected chi connectivity index (χ2v) is 12.8. The molecule has 3 heterocycles. The Labute approximate surface area is 265 Å². The molecule has 1 unspecified atom stereocenters. The summed E-state index contributed by atoms with van der Waals surface area (Å²) in [5.74, 6) is -2.34. The van der Waals surface area contributed by atoms with Crippen molar-refractivity contribution in [2.45, 2.75) is 44.2 Å². The van der Waals surface area contributed by atoms with E-state index in [0.717, 1.165) is 30.1 Å². The van der Waals surface area contributed by atoms with Gasteiger partial charge >= 0.3 is 6.09 Å². The normalized spacial score (nSPS) is 15.1. The van der Waals surface area contributed by atoms with Crippen LogP contribution >= 0.6 is 23.3 Å². The molecule has 0 bridgehead atoms. The van der Waals surface area contributed by atoms with E-state index in [4.69, 9.17) is 14.5 Å². The average molecular weight is 659 g/mol. The van der Waals surface area contributed by atoms with Crippen LogP contribution in [0.2, 0.25) is 0 Å². The van der Waals surface area contributed by atoms with Crippen LogP contribution in [-0.4, -0.2) is 57.2 Å². The van der Waals surface area contributed by atoms with E-state index in [0.29, 0.717) is 22.2 Å². The number of halogens is 3. The first-order chi connectivity index (χ1) is 21.4. The monoisotopic (exact) mass is 658 g/mol. The molecule has 0 aliphatic carbocycles. The van der Waals surface area contributed by atoms with Gasteiger partial charge in [-0.2, -0.15) is 0 Å². The second-order valence-electron chi connectivity index (χ2n) is 10.9. The molecule has 1 aliphatic heterocycles. The Balaban J connectivity index is 1.57. The molecule has 10 nitrogen and oxygen atoms in total. The number of amides is 2. The molecule has 0 radical (unpaired) electrons. The molecule has 236 valence electrons. The van der Waals surface area contributed by atoms with E-state index in [1.807, 2.05) is 0 Å². The van der Waals surface area contributed by atoms with E-state index >= 15 is 4.39 Å².